The van der Waals surface area contributed by atoms with Crippen LogP contribution in [0.2, 0.25) is 0 Å². The van der Waals surface area contributed by atoms with Gasteiger partial charge in [-0.3, -0.25) is 9.59 Å². The van der Waals surface area contributed by atoms with E-state index in [1.165, 1.54) is 24.8 Å². The first-order valence-electron chi connectivity index (χ1n) is 11.8. The third-order valence-electron chi connectivity index (χ3n) is 7.01. The highest BCUT2D eigenvalue weighted by Gasteiger charge is 2.32. The molecule has 2 aromatic heterocycles. The third kappa shape index (κ3) is 4.40. The molecule has 1 saturated heterocycles. The van der Waals surface area contributed by atoms with Gasteiger partial charge in [0.1, 0.15) is 5.65 Å². The third-order valence-corrected chi connectivity index (χ3v) is 7.01. The first kappa shape index (κ1) is 20.7. The Hall–Kier alpha value is -3.15. The molecule has 3 heterocycles. The molecule has 1 atom stereocenters. The number of pyridine rings is 1. The maximum absolute atomic E-state index is 12.8. The van der Waals surface area contributed by atoms with Gasteiger partial charge in [-0.2, -0.15) is 0 Å². The highest BCUT2D eigenvalue weighted by atomic mass is 16.2. The summed E-state index contributed by atoms with van der Waals surface area (Å²) < 4.78 is 1.94. The van der Waals surface area contributed by atoms with Crippen molar-refractivity contribution in [3.8, 4) is 0 Å². The number of hydrogen-bond acceptors (Lipinski definition) is 3. The molecule has 0 bridgehead atoms. The van der Waals surface area contributed by atoms with E-state index in [4.69, 9.17) is 0 Å². The molecule has 32 heavy (non-hydrogen) atoms. The topological polar surface area (TPSA) is 66.7 Å². The Morgan fingerprint density at radius 2 is 1.81 bits per heavy atom. The maximum atomic E-state index is 12.8. The number of amides is 2. The van der Waals surface area contributed by atoms with Crippen LogP contribution in [0.15, 0.2) is 55.0 Å². The van der Waals surface area contributed by atoms with Crippen LogP contribution in [-0.4, -0.2) is 39.2 Å². The number of nitrogens with one attached hydrogen (secondary N) is 1. The Kier molecular flexibility index (Phi) is 5.93. The van der Waals surface area contributed by atoms with Gasteiger partial charge >= 0.3 is 0 Å². The summed E-state index contributed by atoms with van der Waals surface area (Å²) in [7, 11) is 0. The van der Waals surface area contributed by atoms with Crippen LogP contribution in [0.3, 0.4) is 0 Å². The van der Waals surface area contributed by atoms with E-state index in [0.717, 1.165) is 43.6 Å². The largest absolute Gasteiger partial charge is 0.348 e. The van der Waals surface area contributed by atoms with Gasteiger partial charge in [-0.25, -0.2) is 4.98 Å². The van der Waals surface area contributed by atoms with Crippen molar-refractivity contribution >= 4 is 17.5 Å². The van der Waals surface area contributed by atoms with E-state index in [9.17, 15) is 9.59 Å². The van der Waals surface area contributed by atoms with E-state index in [1.54, 1.807) is 6.20 Å². The Bertz CT molecular complexity index is 1100. The lowest BCUT2D eigenvalue weighted by Crippen LogP contribution is -2.35. The molecular weight excluding hydrogens is 400 g/mol. The fourth-order valence-corrected chi connectivity index (χ4v) is 5.09. The number of aromatic nitrogens is 2. The normalized spacial score (nSPS) is 19.4. The molecule has 0 radical (unpaired) electrons. The molecule has 3 aromatic rings. The highest BCUT2D eigenvalue weighted by molar-refractivity contribution is 5.94. The first-order chi connectivity index (χ1) is 15.7. The molecule has 2 aliphatic rings. The summed E-state index contributed by atoms with van der Waals surface area (Å²) in [6, 6.07) is 11.8. The Morgan fingerprint density at radius 3 is 2.62 bits per heavy atom. The van der Waals surface area contributed by atoms with Crippen LogP contribution < -0.4 is 5.32 Å². The van der Waals surface area contributed by atoms with Gasteiger partial charge < -0.3 is 14.6 Å². The van der Waals surface area contributed by atoms with Crippen LogP contribution in [0, 0.1) is 5.92 Å². The highest BCUT2D eigenvalue weighted by Crippen LogP contribution is 2.31. The van der Waals surface area contributed by atoms with Crippen molar-refractivity contribution in [2.75, 3.05) is 13.1 Å². The molecule has 6 nitrogen and oxygen atoms in total. The van der Waals surface area contributed by atoms with Gasteiger partial charge in [-0.05, 0) is 54.7 Å². The summed E-state index contributed by atoms with van der Waals surface area (Å²) in [4.78, 5) is 31.8. The van der Waals surface area contributed by atoms with Gasteiger partial charge in [0.15, 0.2) is 0 Å². The molecule has 2 fully saturated rings. The molecule has 5 rings (SSSR count). The number of carbonyl (C=O) groups is 2. The lowest BCUT2D eigenvalue weighted by molar-refractivity contribution is -0.135. The predicted octanol–water partition coefficient (Wildman–Crippen LogP) is 4.16. The molecule has 2 amide bonds. The summed E-state index contributed by atoms with van der Waals surface area (Å²) in [6.45, 7) is 2.12. The summed E-state index contributed by atoms with van der Waals surface area (Å²) in [5, 5.41) is 2.99. The van der Waals surface area contributed by atoms with Crippen molar-refractivity contribution in [3.63, 3.8) is 0 Å². The molecule has 6 heteroatoms. The smallest absolute Gasteiger partial charge is 0.251 e. The zero-order chi connectivity index (χ0) is 21.9. The van der Waals surface area contributed by atoms with Crippen LogP contribution in [0.4, 0.5) is 0 Å². The second-order valence-corrected chi connectivity index (χ2v) is 9.14. The van der Waals surface area contributed by atoms with Crippen LogP contribution in [0.5, 0.6) is 0 Å². The van der Waals surface area contributed by atoms with Gasteiger partial charge in [-0.15, -0.1) is 0 Å². The molecule has 1 unspecified atom stereocenters. The molecule has 166 valence electrons. The minimum Gasteiger partial charge on any atom is -0.348 e. The Balaban J connectivity index is 1.16. The minimum absolute atomic E-state index is 0.0831. The number of imidazole rings is 1. The summed E-state index contributed by atoms with van der Waals surface area (Å²) in [5.41, 5.74) is 3.75. The maximum Gasteiger partial charge on any atom is 0.251 e. The minimum atomic E-state index is -0.0831. The number of likely N-dealkylation sites (tertiary alicyclic amines) is 1. The average molecular weight is 431 g/mol. The molecule has 1 aliphatic carbocycles. The van der Waals surface area contributed by atoms with Crippen molar-refractivity contribution in [2.45, 2.75) is 51.0 Å². The quantitative estimate of drug-likeness (QED) is 0.661. The molecule has 1 aromatic carbocycles. The van der Waals surface area contributed by atoms with E-state index in [1.807, 2.05) is 53.2 Å². The monoisotopic (exact) mass is 430 g/mol. The number of benzene rings is 1. The Labute approximate surface area is 188 Å². The molecule has 1 saturated carbocycles. The second kappa shape index (κ2) is 9.15. The van der Waals surface area contributed by atoms with Crippen LogP contribution in [0.1, 0.15) is 65.9 Å². The van der Waals surface area contributed by atoms with Crippen LogP contribution in [0.25, 0.3) is 5.65 Å². The lowest BCUT2D eigenvalue weighted by atomic mass is 9.88. The standard InChI is InChI=1S/C26H30N4O2/c31-25(28-17-19-10-13-29-15-12-27-24(29)16-19)21-8-6-20(7-9-21)23-11-14-30(18-23)26(32)22-4-2-1-3-5-22/h6-10,12-13,15-16,22-23H,1-5,11,14,17-18H2,(H,28,31). The molecular formula is C26H30N4O2. The van der Waals surface area contributed by atoms with E-state index in [2.05, 4.69) is 15.2 Å². The van der Waals surface area contributed by atoms with Gasteiger partial charge in [0.05, 0.1) is 0 Å². The zero-order valence-corrected chi connectivity index (χ0v) is 18.4. The number of carbonyl (C=O) groups excluding carboxylic acids is 2. The molecule has 1 N–H and O–H groups in total. The summed E-state index contributed by atoms with van der Waals surface area (Å²) >= 11 is 0. The van der Waals surface area contributed by atoms with E-state index >= 15 is 0 Å². The SMILES string of the molecule is O=C(NCc1ccn2ccnc2c1)c1ccc(C2CCN(C(=O)C3CCCCC3)C2)cc1. The number of nitrogens with zero attached hydrogens (tertiary/aromatic N) is 3. The van der Waals surface area contributed by atoms with Gasteiger partial charge in [0.25, 0.3) is 5.91 Å². The van der Waals surface area contributed by atoms with Gasteiger partial charge in [0.2, 0.25) is 5.91 Å². The lowest BCUT2D eigenvalue weighted by Gasteiger charge is -2.26. The first-order valence-corrected chi connectivity index (χ1v) is 11.8. The zero-order valence-electron chi connectivity index (χ0n) is 18.4. The summed E-state index contributed by atoms with van der Waals surface area (Å²) in [6.07, 6.45) is 12.4. The fraction of sp³-hybridized carbons (Fsp3) is 0.423. The predicted molar refractivity (Wildman–Crippen MR) is 123 cm³/mol. The van der Waals surface area contributed by atoms with Crippen molar-refractivity contribution in [2.24, 2.45) is 5.92 Å². The summed E-state index contributed by atoms with van der Waals surface area (Å²) in [5.74, 6) is 0.876. The number of rotatable bonds is 5. The van der Waals surface area contributed by atoms with Crippen molar-refractivity contribution in [3.05, 3.63) is 71.7 Å². The van der Waals surface area contributed by atoms with E-state index in [0.29, 0.717) is 23.9 Å². The molecule has 0 spiro atoms. The van der Waals surface area contributed by atoms with Crippen molar-refractivity contribution in [1.29, 1.82) is 0 Å². The van der Waals surface area contributed by atoms with Crippen molar-refractivity contribution < 1.29 is 9.59 Å². The average Bonchev–Trinajstić information content (AvgIpc) is 3.52. The number of fused-ring (bicyclic) bond motifs is 1. The second-order valence-electron chi connectivity index (χ2n) is 9.14. The molecule has 1 aliphatic heterocycles. The van der Waals surface area contributed by atoms with Crippen LogP contribution >= 0.6 is 0 Å². The fourth-order valence-electron chi connectivity index (χ4n) is 5.09. The Morgan fingerprint density at radius 1 is 1.00 bits per heavy atom. The number of hydrogen-bond donors (Lipinski definition) is 1. The van der Waals surface area contributed by atoms with Crippen molar-refractivity contribution in [1.82, 2.24) is 19.6 Å². The van der Waals surface area contributed by atoms with E-state index in [-0.39, 0.29) is 11.8 Å². The van der Waals surface area contributed by atoms with Gasteiger partial charge in [0, 0.05) is 55.6 Å². The van der Waals surface area contributed by atoms with Gasteiger partial charge in [-0.1, -0.05) is 31.4 Å². The van der Waals surface area contributed by atoms with E-state index < -0.39 is 0 Å². The van der Waals surface area contributed by atoms with Crippen LogP contribution in [-0.2, 0) is 11.3 Å².